The van der Waals surface area contributed by atoms with Crippen molar-refractivity contribution >= 4 is 29.3 Å². The molecule has 0 unspecified atom stereocenters. The van der Waals surface area contributed by atoms with Crippen LogP contribution < -0.4 is 10.1 Å². The molecule has 4 aromatic rings. The van der Waals surface area contributed by atoms with E-state index in [9.17, 15) is 9.18 Å². The van der Waals surface area contributed by atoms with Gasteiger partial charge in [0.05, 0.1) is 24.4 Å². The number of thioether (sulfide) groups is 1. The Bertz CT molecular complexity index is 1260. The number of nitrogens with zero attached hydrogens (tertiary/aromatic N) is 3. The smallest absolute Gasteiger partial charge is 0.251 e. The zero-order valence-electron chi connectivity index (χ0n) is 17.7. The molecule has 0 aliphatic rings. The second kappa shape index (κ2) is 10.5. The average Bonchev–Trinajstić information content (AvgIpc) is 3.24. The normalized spacial score (nSPS) is 10.8. The van der Waals surface area contributed by atoms with E-state index in [4.69, 9.17) is 16.3 Å². The highest BCUT2D eigenvalue weighted by Gasteiger charge is 2.18. The molecule has 33 heavy (non-hydrogen) atoms. The van der Waals surface area contributed by atoms with Gasteiger partial charge in [0.25, 0.3) is 5.91 Å². The predicted octanol–water partition coefficient (Wildman–Crippen LogP) is 5.29. The molecule has 4 rings (SSSR count). The number of para-hydroxylation sites is 1. The molecule has 1 heterocycles. The number of ether oxygens (including phenoxy) is 1. The molecule has 0 aliphatic heterocycles. The highest BCUT2D eigenvalue weighted by Crippen LogP contribution is 2.29. The summed E-state index contributed by atoms with van der Waals surface area (Å²) < 4.78 is 20.5. The summed E-state index contributed by atoms with van der Waals surface area (Å²) in [5, 5.41) is 12.6. The Balaban J connectivity index is 1.56. The first kappa shape index (κ1) is 22.8. The maximum absolute atomic E-state index is 13.5. The lowest BCUT2D eigenvalue weighted by molar-refractivity contribution is 0.0949. The number of aromatic nitrogens is 3. The van der Waals surface area contributed by atoms with Crippen molar-refractivity contribution in [3.8, 4) is 11.4 Å². The van der Waals surface area contributed by atoms with E-state index in [1.54, 1.807) is 48.1 Å². The molecule has 9 heteroatoms. The summed E-state index contributed by atoms with van der Waals surface area (Å²) in [5.74, 6) is 1.15. The first-order chi connectivity index (χ1) is 16.0. The van der Waals surface area contributed by atoms with Crippen molar-refractivity contribution in [2.45, 2.75) is 17.5 Å². The minimum absolute atomic E-state index is 0.142. The first-order valence-electron chi connectivity index (χ1n) is 10.0. The number of methoxy groups -OCH3 is 1. The molecule has 0 bridgehead atoms. The molecule has 0 fully saturated rings. The molecule has 0 radical (unpaired) electrons. The summed E-state index contributed by atoms with van der Waals surface area (Å²) in [7, 11) is 1.57. The Morgan fingerprint density at radius 1 is 1.09 bits per heavy atom. The van der Waals surface area contributed by atoms with Crippen LogP contribution in [0.5, 0.6) is 5.75 Å². The van der Waals surface area contributed by atoms with Crippen molar-refractivity contribution in [2.24, 2.45) is 0 Å². The van der Waals surface area contributed by atoms with Gasteiger partial charge in [0.1, 0.15) is 11.6 Å². The second-order valence-corrected chi connectivity index (χ2v) is 8.37. The van der Waals surface area contributed by atoms with Gasteiger partial charge in [-0.3, -0.25) is 9.36 Å². The van der Waals surface area contributed by atoms with Crippen LogP contribution in [0.15, 0.2) is 78.0 Å². The predicted molar refractivity (Wildman–Crippen MR) is 126 cm³/mol. The summed E-state index contributed by atoms with van der Waals surface area (Å²) in [6.45, 7) is 0.142. The summed E-state index contributed by atoms with van der Waals surface area (Å²) in [5.41, 5.74) is 2.02. The molecule has 168 valence electrons. The lowest BCUT2D eigenvalue weighted by Crippen LogP contribution is -2.24. The van der Waals surface area contributed by atoms with E-state index in [2.05, 4.69) is 15.5 Å². The number of carbonyl (C=O) groups excluding carboxylic acids is 1. The standard InChI is InChI=1S/C24H20ClFN4O2S/c1-32-19-11-9-17(10-12-19)23(31)27-14-22-28-29-24(30(22)21-8-3-2-7-20(21)25)33-15-16-5-4-6-18(26)13-16/h2-13H,14-15H2,1H3,(H,27,31). The van der Waals surface area contributed by atoms with Gasteiger partial charge in [-0.25, -0.2) is 4.39 Å². The van der Waals surface area contributed by atoms with E-state index in [0.717, 1.165) is 5.56 Å². The number of carbonyl (C=O) groups is 1. The molecule has 6 nitrogen and oxygen atoms in total. The third-order valence-electron chi connectivity index (χ3n) is 4.81. The largest absolute Gasteiger partial charge is 0.497 e. The molecule has 0 spiro atoms. The molecule has 3 aromatic carbocycles. The molecule has 0 atom stereocenters. The maximum Gasteiger partial charge on any atom is 0.251 e. The van der Waals surface area contributed by atoms with Gasteiger partial charge in [-0.2, -0.15) is 0 Å². The maximum atomic E-state index is 13.5. The van der Waals surface area contributed by atoms with Gasteiger partial charge >= 0.3 is 0 Å². The third kappa shape index (κ3) is 5.53. The Morgan fingerprint density at radius 3 is 2.61 bits per heavy atom. The fourth-order valence-electron chi connectivity index (χ4n) is 3.16. The Morgan fingerprint density at radius 2 is 1.88 bits per heavy atom. The van der Waals surface area contributed by atoms with Crippen LogP contribution in [0.1, 0.15) is 21.7 Å². The van der Waals surface area contributed by atoms with E-state index in [1.807, 2.05) is 24.3 Å². The van der Waals surface area contributed by atoms with Gasteiger partial charge < -0.3 is 10.1 Å². The Labute approximate surface area is 199 Å². The van der Waals surface area contributed by atoms with Gasteiger partial charge in [-0.1, -0.05) is 47.6 Å². The van der Waals surface area contributed by atoms with Crippen LogP contribution in [0, 0.1) is 5.82 Å². The Kier molecular flexibility index (Phi) is 7.26. The number of hydrogen-bond acceptors (Lipinski definition) is 5. The molecular formula is C24H20ClFN4O2S. The van der Waals surface area contributed by atoms with Crippen molar-refractivity contribution in [1.82, 2.24) is 20.1 Å². The molecule has 0 saturated carbocycles. The Hall–Kier alpha value is -3.36. The lowest BCUT2D eigenvalue weighted by atomic mass is 10.2. The van der Waals surface area contributed by atoms with Gasteiger partial charge in [-0.05, 0) is 54.1 Å². The number of nitrogens with one attached hydrogen (secondary N) is 1. The highest BCUT2D eigenvalue weighted by atomic mass is 35.5. The minimum Gasteiger partial charge on any atom is -0.497 e. The van der Waals surface area contributed by atoms with Gasteiger partial charge in [-0.15, -0.1) is 10.2 Å². The third-order valence-corrected chi connectivity index (χ3v) is 6.13. The fraction of sp³-hybridized carbons (Fsp3) is 0.125. The first-order valence-corrected chi connectivity index (χ1v) is 11.4. The van der Waals surface area contributed by atoms with E-state index in [-0.39, 0.29) is 18.3 Å². The van der Waals surface area contributed by atoms with Gasteiger partial charge in [0, 0.05) is 11.3 Å². The fourth-order valence-corrected chi connectivity index (χ4v) is 4.29. The SMILES string of the molecule is COc1ccc(C(=O)NCc2nnc(SCc3cccc(F)c3)n2-c2ccccc2Cl)cc1. The molecule has 0 aliphatic carbocycles. The van der Waals surface area contributed by atoms with E-state index < -0.39 is 0 Å². The summed E-state index contributed by atoms with van der Waals surface area (Å²) in [4.78, 5) is 12.6. The van der Waals surface area contributed by atoms with Crippen LogP contribution in [0.4, 0.5) is 4.39 Å². The van der Waals surface area contributed by atoms with E-state index in [1.165, 1.54) is 23.9 Å². The molecular weight excluding hydrogens is 463 g/mol. The van der Waals surface area contributed by atoms with Crippen LogP contribution in [0.2, 0.25) is 5.02 Å². The summed E-state index contributed by atoms with van der Waals surface area (Å²) in [6.07, 6.45) is 0. The number of rotatable bonds is 8. The number of amides is 1. The summed E-state index contributed by atoms with van der Waals surface area (Å²) in [6, 6.07) is 20.6. The highest BCUT2D eigenvalue weighted by molar-refractivity contribution is 7.98. The number of halogens is 2. The van der Waals surface area contributed by atoms with Crippen molar-refractivity contribution in [3.63, 3.8) is 0 Å². The van der Waals surface area contributed by atoms with Crippen LogP contribution in [-0.4, -0.2) is 27.8 Å². The van der Waals surface area contributed by atoms with Crippen LogP contribution >= 0.6 is 23.4 Å². The van der Waals surface area contributed by atoms with Crippen molar-refractivity contribution in [3.05, 3.63) is 101 Å². The van der Waals surface area contributed by atoms with Crippen molar-refractivity contribution in [2.75, 3.05) is 7.11 Å². The molecule has 1 aromatic heterocycles. The average molecular weight is 483 g/mol. The lowest BCUT2D eigenvalue weighted by Gasteiger charge is -2.12. The molecule has 1 amide bonds. The quantitative estimate of drug-likeness (QED) is 0.345. The van der Waals surface area contributed by atoms with Crippen LogP contribution in [-0.2, 0) is 12.3 Å². The van der Waals surface area contributed by atoms with Crippen LogP contribution in [0.3, 0.4) is 0 Å². The van der Waals surface area contributed by atoms with Gasteiger partial charge in [0.15, 0.2) is 11.0 Å². The minimum atomic E-state index is -0.289. The van der Waals surface area contributed by atoms with Gasteiger partial charge in [0.2, 0.25) is 0 Å². The van der Waals surface area contributed by atoms with Crippen LogP contribution in [0.25, 0.3) is 5.69 Å². The van der Waals surface area contributed by atoms with E-state index >= 15 is 0 Å². The number of hydrogen-bond donors (Lipinski definition) is 1. The zero-order chi connectivity index (χ0) is 23.2. The monoisotopic (exact) mass is 482 g/mol. The van der Waals surface area contributed by atoms with Crippen molar-refractivity contribution in [1.29, 1.82) is 0 Å². The topological polar surface area (TPSA) is 69.0 Å². The second-order valence-electron chi connectivity index (χ2n) is 7.02. The van der Waals surface area contributed by atoms with E-state index in [0.29, 0.717) is 38.8 Å². The zero-order valence-corrected chi connectivity index (χ0v) is 19.2. The molecule has 1 N–H and O–H groups in total. The van der Waals surface area contributed by atoms with Crippen molar-refractivity contribution < 1.29 is 13.9 Å². The molecule has 0 saturated heterocycles. The number of benzene rings is 3. The summed E-state index contributed by atoms with van der Waals surface area (Å²) >= 11 is 7.86.